The Morgan fingerprint density at radius 3 is 2.74 bits per heavy atom. The monoisotopic (exact) mass is 401 g/mol. The second-order valence-corrected chi connectivity index (χ2v) is 7.20. The van der Waals surface area contributed by atoms with Gasteiger partial charge in [0.1, 0.15) is 0 Å². The van der Waals surface area contributed by atoms with Crippen LogP contribution in [0.4, 0.5) is 0 Å². The van der Waals surface area contributed by atoms with E-state index in [0.717, 1.165) is 5.56 Å². The molecule has 2 aromatic carbocycles. The average molecular weight is 402 g/mol. The van der Waals surface area contributed by atoms with Crippen molar-refractivity contribution in [1.29, 1.82) is 0 Å². The highest BCUT2D eigenvalue weighted by Gasteiger charge is 2.13. The van der Waals surface area contributed by atoms with E-state index in [-0.39, 0.29) is 17.5 Å². The van der Waals surface area contributed by atoms with Crippen LogP contribution in [0.3, 0.4) is 0 Å². The first-order valence-corrected chi connectivity index (χ1v) is 9.50. The van der Waals surface area contributed by atoms with Gasteiger partial charge in [-0.3, -0.25) is 14.2 Å². The van der Waals surface area contributed by atoms with Gasteiger partial charge in [0.25, 0.3) is 11.5 Å². The predicted octanol–water partition coefficient (Wildman–Crippen LogP) is 4.09. The average Bonchev–Trinajstić information content (AvgIpc) is 2.63. The van der Waals surface area contributed by atoms with Crippen LogP contribution in [0, 0.1) is 4.77 Å². The van der Waals surface area contributed by atoms with Gasteiger partial charge in [-0.2, -0.15) is 0 Å². The van der Waals surface area contributed by atoms with Gasteiger partial charge in [0.15, 0.2) is 4.77 Å². The molecule has 0 aliphatic carbocycles. The lowest BCUT2D eigenvalue weighted by Crippen LogP contribution is -2.34. The van der Waals surface area contributed by atoms with E-state index in [0.29, 0.717) is 39.2 Å². The summed E-state index contributed by atoms with van der Waals surface area (Å²) in [4.78, 5) is 28.1. The molecular formula is C20H20ClN3O2S. The van der Waals surface area contributed by atoms with Crippen molar-refractivity contribution >= 4 is 40.6 Å². The van der Waals surface area contributed by atoms with Crippen molar-refractivity contribution in [2.45, 2.75) is 32.9 Å². The lowest BCUT2D eigenvalue weighted by atomic mass is 10.1. The molecule has 0 spiro atoms. The smallest absolute Gasteiger partial charge is 0.262 e. The number of benzene rings is 2. The van der Waals surface area contributed by atoms with Crippen LogP contribution < -0.4 is 10.9 Å². The van der Waals surface area contributed by atoms with Gasteiger partial charge < -0.3 is 10.3 Å². The van der Waals surface area contributed by atoms with Gasteiger partial charge in [0.05, 0.1) is 10.9 Å². The molecule has 1 heterocycles. The van der Waals surface area contributed by atoms with E-state index >= 15 is 0 Å². The third-order valence-corrected chi connectivity index (χ3v) is 5.11. The van der Waals surface area contributed by atoms with Crippen molar-refractivity contribution in [2.24, 2.45) is 0 Å². The maximum atomic E-state index is 12.6. The number of carbonyl (C=O) groups is 1. The van der Waals surface area contributed by atoms with Crippen LogP contribution in [0.2, 0.25) is 5.02 Å². The van der Waals surface area contributed by atoms with Gasteiger partial charge in [0, 0.05) is 23.2 Å². The van der Waals surface area contributed by atoms with Crippen LogP contribution in [0.25, 0.3) is 10.9 Å². The molecule has 0 saturated heterocycles. The van der Waals surface area contributed by atoms with Crippen LogP contribution in [0.15, 0.2) is 47.3 Å². The Bertz CT molecular complexity index is 1120. The molecule has 27 heavy (non-hydrogen) atoms. The van der Waals surface area contributed by atoms with Crippen LogP contribution in [0.1, 0.15) is 29.8 Å². The molecule has 2 N–H and O–H groups in total. The van der Waals surface area contributed by atoms with Gasteiger partial charge in [-0.1, -0.05) is 29.8 Å². The van der Waals surface area contributed by atoms with Crippen molar-refractivity contribution in [3.8, 4) is 0 Å². The summed E-state index contributed by atoms with van der Waals surface area (Å²) < 4.78 is 1.84. The first-order chi connectivity index (χ1) is 12.9. The normalized spacial score (nSPS) is 12.1. The molecule has 0 radical (unpaired) electrons. The number of fused-ring (bicyclic) bond motifs is 1. The van der Waals surface area contributed by atoms with Crippen molar-refractivity contribution in [2.75, 3.05) is 0 Å². The summed E-state index contributed by atoms with van der Waals surface area (Å²) in [7, 11) is 0. The Hall–Kier alpha value is -2.44. The number of H-pyrrole nitrogens is 1. The molecule has 1 unspecified atom stereocenters. The van der Waals surface area contributed by atoms with Gasteiger partial charge in [0.2, 0.25) is 0 Å². The van der Waals surface area contributed by atoms with Crippen molar-refractivity contribution in [3.63, 3.8) is 0 Å². The number of hydrogen-bond donors (Lipinski definition) is 2. The highest BCUT2D eigenvalue weighted by molar-refractivity contribution is 7.71. The molecule has 7 heteroatoms. The standard InChI is InChI=1S/C20H20ClN3O2S/c1-3-24-19(26)15-9-8-14(11-17(15)23-20(24)27)18(25)22-12(2)10-13-6-4-5-7-16(13)21/h4-9,11-12H,3,10H2,1-2H3,(H,22,25)(H,23,27). The third-order valence-electron chi connectivity index (χ3n) is 4.42. The predicted molar refractivity (Wildman–Crippen MR) is 111 cm³/mol. The molecule has 140 valence electrons. The summed E-state index contributed by atoms with van der Waals surface area (Å²) in [6, 6.07) is 12.4. The summed E-state index contributed by atoms with van der Waals surface area (Å²) in [5, 5.41) is 4.16. The number of nitrogens with one attached hydrogen (secondary N) is 2. The first-order valence-electron chi connectivity index (χ1n) is 8.72. The largest absolute Gasteiger partial charge is 0.349 e. The van der Waals surface area contributed by atoms with Gasteiger partial charge in [-0.25, -0.2) is 0 Å². The second kappa shape index (κ2) is 8.06. The Kier molecular flexibility index (Phi) is 5.77. The number of halogens is 1. The fourth-order valence-corrected chi connectivity index (χ4v) is 3.57. The number of aromatic amines is 1. The lowest BCUT2D eigenvalue weighted by molar-refractivity contribution is 0.0940. The molecule has 0 fully saturated rings. The molecule has 3 rings (SSSR count). The van der Waals surface area contributed by atoms with E-state index in [1.165, 1.54) is 4.57 Å². The van der Waals surface area contributed by atoms with E-state index in [4.69, 9.17) is 23.8 Å². The van der Waals surface area contributed by atoms with Crippen LogP contribution >= 0.6 is 23.8 Å². The minimum absolute atomic E-state index is 0.0975. The van der Waals surface area contributed by atoms with Crippen LogP contribution in [-0.4, -0.2) is 21.5 Å². The number of aromatic nitrogens is 2. The van der Waals surface area contributed by atoms with Crippen molar-refractivity contribution in [3.05, 3.63) is 73.7 Å². The van der Waals surface area contributed by atoms with Crippen LogP contribution in [-0.2, 0) is 13.0 Å². The Labute approximate surface area is 167 Å². The maximum absolute atomic E-state index is 12.6. The number of hydrogen-bond acceptors (Lipinski definition) is 3. The Morgan fingerprint density at radius 2 is 2.04 bits per heavy atom. The van der Waals surface area contributed by atoms with Gasteiger partial charge in [-0.15, -0.1) is 0 Å². The van der Waals surface area contributed by atoms with Crippen molar-refractivity contribution < 1.29 is 4.79 Å². The molecule has 5 nitrogen and oxygen atoms in total. The molecule has 0 aliphatic rings. The lowest BCUT2D eigenvalue weighted by Gasteiger charge is -2.15. The van der Waals surface area contributed by atoms with E-state index in [1.807, 2.05) is 38.1 Å². The number of carbonyl (C=O) groups excluding carboxylic acids is 1. The Morgan fingerprint density at radius 1 is 1.30 bits per heavy atom. The molecule has 3 aromatic rings. The highest BCUT2D eigenvalue weighted by Crippen LogP contribution is 2.17. The van der Waals surface area contributed by atoms with Crippen molar-refractivity contribution in [1.82, 2.24) is 14.9 Å². The SMILES string of the molecule is CCn1c(=S)[nH]c2cc(C(=O)NC(C)Cc3ccccc3Cl)ccc2c1=O. The third kappa shape index (κ3) is 4.12. The quantitative estimate of drug-likeness (QED) is 0.632. The van der Waals surface area contributed by atoms with Gasteiger partial charge >= 0.3 is 0 Å². The highest BCUT2D eigenvalue weighted by atomic mass is 35.5. The minimum atomic E-state index is -0.213. The van der Waals surface area contributed by atoms with E-state index in [1.54, 1.807) is 18.2 Å². The Balaban J connectivity index is 1.82. The molecule has 0 saturated carbocycles. The zero-order chi connectivity index (χ0) is 19.6. The molecule has 1 atom stereocenters. The first kappa shape index (κ1) is 19.3. The fraction of sp³-hybridized carbons (Fsp3) is 0.250. The van der Waals surface area contributed by atoms with Crippen LogP contribution in [0.5, 0.6) is 0 Å². The summed E-state index contributed by atoms with van der Waals surface area (Å²) >= 11 is 11.4. The number of rotatable bonds is 5. The molecule has 0 aliphatic heterocycles. The zero-order valence-corrected chi connectivity index (χ0v) is 16.7. The summed E-state index contributed by atoms with van der Waals surface area (Å²) in [5.74, 6) is -0.213. The summed E-state index contributed by atoms with van der Waals surface area (Å²) in [6.07, 6.45) is 0.628. The van der Waals surface area contributed by atoms with E-state index in [2.05, 4.69) is 10.3 Å². The number of amides is 1. The second-order valence-electron chi connectivity index (χ2n) is 6.41. The fourth-order valence-electron chi connectivity index (χ4n) is 3.03. The van der Waals surface area contributed by atoms with E-state index < -0.39 is 0 Å². The van der Waals surface area contributed by atoms with Gasteiger partial charge in [-0.05, 0) is 62.3 Å². The topological polar surface area (TPSA) is 66.9 Å². The molecule has 1 aromatic heterocycles. The minimum Gasteiger partial charge on any atom is -0.349 e. The maximum Gasteiger partial charge on any atom is 0.262 e. The number of nitrogens with zero attached hydrogens (tertiary/aromatic N) is 1. The molecular weight excluding hydrogens is 382 g/mol. The summed E-state index contributed by atoms with van der Waals surface area (Å²) in [6.45, 7) is 4.28. The molecule has 0 bridgehead atoms. The summed E-state index contributed by atoms with van der Waals surface area (Å²) in [5.41, 5.74) is 1.85. The molecule has 1 amide bonds. The zero-order valence-electron chi connectivity index (χ0n) is 15.1. The van der Waals surface area contributed by atoms with E-state index in [9.17, 15) is 9.59 Å².